The predicted octanol–water partition coefficient (Wildman–Crippen LogP) is 2.45. The van der Waals surface area contributed by atoms with Crippen molar-refractivity contribution in [2.45, 2.75) is 33.6 Å². The molecule has 1 aliphatic rings. The van der Waals surface area contributed by atoms with Gasteiger partial charge in [-0.15, -0.1) is 0 Å². The van der Waals surface area contributed by atoms with Crippen LogP contribution < -0.4 is 0 Å². The summed E-state index contributed by atoms with van der Waals surface area (Å²) in [6.45, 7) is 5.61. The van der Waals surface area contributed by atoms with Crippen molar-refractivity contribution in [1.82, 2.24) is 0 Å². The molecule has 0 spiro atoms. The second-order valence-electron chi connectivity index (χ2n) is 3.87. The van der Waals surface area contributed by atoms with Crippen molar-refractivity contribution in [2.24, 2.45) is 11.8 Å². The number of ketones is 1. The van der Waals surface area contributed by atoms with Gasteiger partial charge in [0.1, 0.15) is 5.76 Å². The highest BCUT2D eigenvalue weighted by Gasteiger charge is 2.25. The monoisotopic (exact) mass is 168 g/mol. The van der Waals surface area contributed by atoms with E-state index in [2.05, 4.69) is 6.92 Å². The number of allylic oxidation sites excluding steroid dienone is 2. The third-order valence-electron chi connectivity index (χ3n) is 2.51. The van der Waals surface area contributed by atoms with E-state index in [-0.39, 0.29) is 11.7 Å². The summed E-state index contributed by atoms with van der Waals surface area (Å²) in [5.74, 6) is 1.02. The molecule has 0 saturated heterocycles. The Labute approximate surface area is 73.3 Å². The van der Waals surface area contributed by atoms with Gasteiger partial charge < -0.3 is 5.11 Å². The summed E-state index contributed by atoms with van der Waals surface area (Å²) >= 11 is 0. The lowest BCUT2D eigenvalue weighted by molar-refractivity contribution is -0.114. The fourth-order valence-electron chi connectivity index (χ4n) is 1.87. The lowest BCUT2D eigenvalue weighted by Crippen LogP contribution is -2.18. The molecule has 1 aliphatic carbocycles. The Morgan fingerprint density at radius 3 is 2.58 bits per heavy atom. The second kappa shape index (κ2) is 3.30. The van der Waals surface area contributed by atoms with Crippen molar-refractivity contribution in [3.8, 4) is 0 Å². The first-order valence-corrected chi connectivity index (χ1v) is 4.45. The van der Waals surface area contributed by atoms with Crippen LogP contribution in [0.15, 0.2) is 11.3 Å². The van der Waals surface area contributed by atoms with E-state index in [0.29, 0.717) is 17.3 Å². The lowest BCUT2D eigenvalue weighted by atomic mass is 9.81. The van der Waals surface area contributed by atoms with Crippen LogP contribution >= 0.6 is 0 Å². The summed E-state index contributed by atoms with van der Waals surface area (Å²) in [6.07, 6.45) is 1.73. The molecule has 0 aromatic heterocycles. The third-order valence-corrected chi connectivity index (χ3v) is 2.51. The van der Waals surface area contributed by atoms with Crippen LogP contribution in [0.4, 0.5) is 0 Å². The van der Waals surface area contributed by atoms with Gasteiger partial charge in [0.25, 0.3) is 0 Å². The van der Waals surface area contributed by atoms with E-state index < -0.39 is 0 Å². The van der Waals surface area contributed by atoms with Crippen LogP contribution in [-0.4, -0.2) is 10.9 Å². The Bertz CT molecular complexity index is 228. The highest BCUT2D eigenvalue weighted by molar-refractivity contribution is 5.93. The van der Waals surface area contributed by atoms with E-state index in [4.69, 9.17) is 0 Å². The van der Waals surface area contributed by atoms with E-state index >= 15 is 0 Å². The average Bonchev–Trinajstić information content (AvgIpc) is 1.96. The maximum absolute atomic E-state index is 11.1. The van der Waals surface area contributed by atoms with Gasteiger partial charge in [-0.3, -0.25) is 4.79 Å². The molecule has 0 heterocycles. The minimum absolute atomic E-state index is 0.0194. The molecule has 1 rings (SSSR count). The molecular weight excluding hydrogens is 152 g/mol. The molecule has 2 heteroatoms. The van der Waals surface area contributed by atoms with Gasteiger partial charge in [0, 0.05) is 11.5 Å². The zero-order chi connectivity index (χ0) is 9.30. The first-order chi connectivity index (χ1) is 5.52. The normalized spacial score (nSPS) is 30.6. The second-order valence-corrected chi connectivity index (χ2v) is 3.87. The summed E-state index contributed by atoms with van der Waals surface area (Å²) in [7, 11) is 0. The Hall–Kier alpha value is -0.790. The Morgan fingerprint density at radius 2 is 2.08 bits per heavy atom. The van der Waals surface area contributed by atoms with Crippen LogP contribution in [0.3, 0.4) is 0 Å². The van der Waals surface area contributed by atoms with E-state index in [1.165, 1.54) is 6.92 Å². The van der Waals surface area contributed by atoms with Gasteiger partial charge in [-0.1, -0.05) is 13.8 Å². The molecule has 0 aromatic carbocycles. The topological polar surface area (TPSA) is 37.3 Å². The number of aliphatic hydroxyl groups excluding tert-OH is 1. The molecule has 1 N–H and O–H groups in total. The zero-order valence-electron chi connectivity index (χ0n) is 7.92. The first-order valence-electron chi connectivity index (χ1n) is 4.45. The number of aliphatic hydroxyl groups is 1. The van der Waals surface area contributed by atoms with E-state index in [1.54, 1.807) is 0 Å². The van der Waals surface area contributed by atoms with Gasteiger partial charge in [0.05, 0.1) is 0 Å². The summed E-state index contributed by atoms with van der Waals surface area (Å²) < 4.78 is 0. The first kappa shape index (κ1) is 9.30. The fraction of sp³-hybridized carbons (Fsp3) is 0.700. The number of hydrogen-bond acceptors (Lipinski definition) is 2. The highest BCUT2D eigenvalue weighted by Crippen LogP contribution is 2.32. The molecule has 2 unspecified atom stereocenters. The number of hydrogen-bond donors (Lipinski definition) is 1. The van der Waals surface area contributed by atoms with Crippen LogP contribution in [0.5, 0.6) is 0 Å². The predicted molar refractivity (Wildman–Crippen MR) is 47.9 cm³/mol. The van der Waals surface area contributed by atoms with Gasteiger partial charge in [0.2, 0.25) is 0 Å². The number of carbonyl (C=O) groups is 1. The molecule has 0 amide bonds. The largest absolute Gasteiger partial charge is 0.512 e. The summed E-state index contributed by atoms with van der Waals surface area (Å²) in [4.78, 5) is 11.1. The van der Waals surface area contributed by atoms with Crippen molar-refractivity contribution >= 4 is 5.78 Å². The SMILES string of the molecule is CC(=O)C1=C(O)C(C)CC(C)C1. The minimum atomic E-state index is 0.0194. The van der Waals surface area contributed by atoms with Crippen molar-refractivity contribution < 1.29 is 9.90 Å². The molecule has 0 fully saturated rings. The van der Waals surface area contributed by atoms with Crippen molar-refractivity contribution in [2.75, 3.05) is 0 Å². The van der Waals surface area contributed by atoms with Crippen LogP contribution in [0.25, 0.3) is 0 Å². The van der Waals surface area contributed by atoms with Crippen molar-refractivity contribution in [3.63, 3.8) is 0 Å². The maximum Gasteiger partial charge on any atom is 0.159 e. The molecule has 2 nitrogen and oxygen atoms in total. The molecule has 0 aromatic rings. The maximum atomic E-state index is 11.1. The molecule has 0 aliphatic heterocycles. The number of rotatable bonds is 1. The molecule has 12 heavy (non-hydrogen) atoms. The molecule has 0 saturated carbocycles. The lowest BCUT2D eigenvalue weighted by Gasteiger charge is -2.25. The quantitative estimate of drug-likeness (QED) is 0.653. The van der Waals surface area contributed by atoms with E-state index in [0.717, 1.165) is 12.8 Å². The molecule has 0 bridgehead atoms. The van der Waals surface area contributed by atoms with Gasteiger partial charge in [-0.2, -0.15) is 0 Å². The van der Waals surface area contributed by atoms with Crippen LogP contribution in [0.1, 0.15) is 33.6 Å². The molecule has 2 atom stereocenters. The van der Waals surface area contributed by atoms with Gasteiger partial charge >= 0.3 is 0 Å². The number of carbonyl (C=O) groups excluding carboxylic acids is 1. The summed E-state index contributed by atoms with van der Waals surface area (Å²) in [5.41, 5.74) is 0.640. The molecule has 0 radical (unpaired) electrons. The van der Waals surface area contributed by atoms with Crippen LogP contribution in [0.2, 0.25) is 0 Å². The summed E-state index contributed by atoms with van der Waals surface area (Å²) in [6, 6.07) is 0. The van der Waals surface area contributed by atoms with E-state index in [9.17, 15) is 9.90 Å². The Balaban J connectivity index is 2.93. The Morgan fingerprint density at radius 1 is 1.50 bits per heavy atom. The van der Waals surface area contributed by atoms with Gasteiger partial charge in [-0.25, -0.2) is 0 Å². The van der Waals surface area contributed by atoms with E-state index in [1.807, 2.05) is 6.92 Å². The average molecular weight is 168 g/mol. The molecular formula is C10H16O2. The van der Waals surface area contributed by atoms with Crippen molar-refractivity contribution in [3.05, 3.63) is 11.3 Å². The summed E-state index contributed by atoms with van der Waals surface area (Å²) in [5, 5.41) is 9.58. The number of Topliss-reactive ketones (excluding diaryl/α,β-unsaturated/α-hetero) is 1. The van der Waals surface area contributed by atoms with Crippen molar-refractivity contribution in [1.29, 1.82) is 0 Å². The zero-order valence-corrected chi connectivity index (χ0v) is 7.92. The smallest absolute Gasteiger partial charge is 0.159 e. The standard InChI is InChI=1S/C10H16O2/c1-6-4-7(2)10(12)9(5-6)8(3)11/h6-7,12H,4-5H2,1-3H3. The highest BCUT2D eigenvalue weighted by atomic mass is 16.3. The van der Waals surface area contributed by atoms with Crippen LogP contribution in [-0.2, 0) is 4.79 Å². The third kappa shape index (κ3) is 1.68. The fourth-order valence-corrected chi connectivity index (χ4v) is 1.87. The van der Waals surface area contributed by atoms with Crippen LogP contribution in [0, 0.1) is 11.8 Å². The van der Waals surface area contributed by atoms with Gasteiger partial charge in [-0.05, 0) is 25.7 Å². The minimum Gasteiger partial charge on any atom is -0.512 e. The Kier molecular flexibility index (Phi) is 2.55. The molecule has 68 valence electrons. The van der Waals surface area contributed by atoms with Gasteiger partial charge in [0.15, 0.2) is 5.78 Å².